The van der Waals surface area contributed by atoms with Gasteiger partial charge in [-0.05, 0) is 61.5 Å². The van der Waals surface area contributed by atoms with E-state index in [1.165, 1.54) is 24.3 Å². The van der Waals surface area contributed by atoms with Gasteiger partial charge >= 0.3 is 12.2 Å². The highest BCUT2D eigenvalue weighted by molar-refractivity contribution is 7.80. The number of fused-ring (bicyclic) bond motifs is 5. The first-order valence-electron chi connectivity index (χ1n) is 10.6. The van der Waals surface area contributed by atoms with Crippen LogP contribution in [0.2, 0.25) is 5.02 Å². The number of anilines is 2. The number of urea groups is 1. The van der Waals surface area contributed by atoms with Crippen molar-refractivity contribution in [3.05, 3.63) is 58.1 Å². The number of carbonyl (C=O) groups excluding carboxylic acids is 2. The van der Waals surface area contributed by atoms with Crippen LogP contribution in [0.4, 0.5) is 29.3 Å². The van der Waals surface area contributed by atoms with Crippen molar-refractivity contribution in [3.63, 3.8) is 0 Å². The van der Waals surface area contributed by atoms with E-state index in [0.29, 0.717) is 24.2 Å². The van der Waals surface area contributed by atoms with E-state index in [-0.39, 0.29) is 27.4 Å². The molecule has 3 heterocycles. The number of alkyl halides is 3. The lowest BCUT2D eigenvalue weighted by Crippen LogP contribution is -2.55. The van der Waals surface area contributed by atoms with Gasteiger partial charge in [-0.1, -0.05) is 17.7 Å². The Morgan fingerprint density at radius 3 is 2.69 bits per heavy atom. The van der Waals surface area contributed by atoms with Gasteiger partial charge in [-0.15, -0.1) is 0 Å². The molecule has 3 aliphatic heterocycles. The zero-order valence-corrected chi connectivity index (χ0v) is 19.7. The minimum absolute atomic E-state index is 0.175. The first-order chi connectivity index (χ1) is 16.5. The van der Waals surface area contributed by atoms with Crippen molar-refractivity contribution in [1.29, 1.82) is 5.26 Å². The van der Waals surface area contributed by atoms with E-state index in [1.807, 2.05) is 6.07 Å². The van der Waals surface area contributed by atoms with Crippen LogP contribution in [-0.2, 0) is 11.0 Å². The Balaban J connectivity index is 1.38. The van der Waals surface area contributed by atoms with Crippen LogP contribution in [-0.4, -0.2) is 51.5 Å². The molecule has 0 saturated carbocycles. The molecular formula is C23H17ClF3N5O2S. The summed E-state index contributed by atoms with van der Waals surface area (Å²) in [6.07, 6.45) is -3.97. The average molecular weight is 520 g/mol. The van der Waals surface area contributed by atoms with Crippen LogP contribution in [0, 0.1) is 18.3 Å². The lowest BCUT2D eigenvalue weighted by molar-refractivity contribution is -0.137. The molecule has 180 valence electrons. The Hall–Kier alpha value is -3.36. The smallest absolute Gasteiger partial charge is 0.341 e. The number of nitriles is 1. The Morgan fingerprint density at radius 1 is 1.26 bits per heavy atom. The maximum Gasteiger partial charge on any atom is 0.416 e. The minimum Gasteiger partial charge on any atom is -0.341 e. The van der Waals surface area contributed by atoms with Crippen molar-refractivity contribution < 1.29 is 22.8 Å². The Labute approximate surface area is 208 Å². The molecule has 0 aliphatic carbocycles. The highest BCUT2D eigenvalue weighted by Crippen LogP contribution is 2.44. The number of nitrogens with one attached hydrogen (secondary N) is 1. The van der Waals surface area contributed by atoms with Crippen LogP contribution in [0.5, 0.6) is 0 Å². The SMILES string of the molecule is Cc1c(N2C(=O)C3C4C[C@H](CN4C(=S)Nc4cccc(C(F)(F)F)c4)N3C2=O)ccc(C#N)c1Cl. The molecule has 12 heteroatoms. The molecule has 0 spiro atoms. The first kappa shape index (κ1) is 23.4. The van der Waals surface area contributed by atoms with Crippen LogP contribution < -0.4 is 10.2 Å². The molecule has 35 heavy (non-hydrogen) atoms. The molecule has 3 atom stereocenters. The van der Waals surface area contributed by atoms with Crippen LogP contribution in [0.3, 0.4) is 0 Å². The number of hydrogen-bond acceptors (Lipinski definition) is 4. The van der Waals surface area contributed by atoms with Gasteiger partial charge in [0.25, 0.3) is 5.91 Å². The van der Waals surface area contributed by atoms with Crippen LogP contribution in [0.15, 0.2) is 36.4 Å². The van der Waals surface area contributed by atoms with Crippen LogP contribution in [0.1, 0.15) is 23.1 Å². The van der Waals surface area contributed by atoms with Gasteiger partial charge in [-0.2, -0.15) is 18.4 Å². The lowest BCUT2D eigenvalue weighted by Gasteiger charge is -2.36. The minimum atomic E-state index is -4.49. The molecule has 0 radical (unpaired) electrons. The number of hydrogen-bond donors (Lipinski definition) is 1. The zero-order chi connectivity index (χ0) is 25.2. The summed E-state index contributed by atoms with van der Waals surface area (Å²) in [5.74, 6) is -0.432. The van der Waals surface area contributed by atoms with E-state index in [4.69, 9.17) is 23.8 Å². The second kappa shape index (κ2) is 8.10. The van der Waals surface area contributed by atoms with E-state index in [2.05, 4.69) is 5.32 Å². The van der Waals surface area contributed by atoms with Gasteiger partial charge in [0.1, 0.15) is 12.1 Å². The number of amides is 3. The molecule has 7 nitrogen and oxygen atoms in total. The molecule has 2 bridgehead atoms. The van der Waals surface area contributed by atoms with Gasteiger partial charge < -0.3 is 15.1 Å². The molecule has 2 aromatic rings. The molecule has 2 aromatic carbocycles. The highest BCUT2D eigenvalue weighted by atomic mass is 35.5. The Bertz CT molecular complexity index is 1330. The predicted octanol–water partition coefficient (Wildman–Crippen LogP) is 4.53. The number of imide groups is 1. The number of rotatable bonds is 2. The van der Waals surface area contributed by atoms with Crippen LogP contribution >= 0.6 is 23.8 Å². The van der Waals surface area contributed by atoms with Crippen molar-refractivity contribution in [3.8, 4) is 6.07 Å². The zero-order valence-electron chi connectivity index (χ0n) is 18.1. The van der Waals surface area contributed by atoms with Gasteiger partial charge in [-0.25, -0.2) is 9.69 Å². The predicted molar refractivity (Wildman–Crippen MR) is 126 cm³/mol. The fourth-order valence-corrected chi connectivity index (χ4v) is 5.61. The van der Waals surface area contributed by atoms with Crippen molar-refractivity contribution in [2.75, 3.05) is 16.8 Å². The van der Waals surface area contributed by atoms with Gasteiger partial charge in [0.15, 0.2) is 5.11 Å². The molecule has 2 unspecified atom stereocenters. The van der Waals surface area contributed by atoms with Gasteiger partial charge in [-0.3, -0.25) is 4.79 Å². The molecule has 0 aromatic heterocycles. The fourth-order valence-electron chi connectivity index (χ4n) is 5.08. The summed E-state index contributed by atoms with van der Waals surface area (Å²) in [5, 5.41) is 12.4. The third kappa shape index (κ3) is 3.59. The molecule has 5 rings (SSSR count). The molecular weight excluding hydrogens is 503 g/mol. The summed E-state index contributed by atoms with van der Waals surface area (Å²) >= 11 is 11.7. The van der Waals surface area contributed by atoms with E-state index in [9.17, 15) is 28.0 Å². The molecule has 1 N–H and O–H groups in total. The Kier molecular flexibility index (Phi) is 5.41. The van der Waals surface area contributed by atoms with Gasteiger partial charge in [0, 0.05) is 12.2 Å². The summed E-state index contributed by atoms with van der Waals surface area (Å²) in [6, 6.07) is 7.72. The van der Waals surface area contributed by atoms with Gasteiger partial charge in [0.05, 0.1) is 33.9 Å². The third-order valence-corrected chi connectivity index (χ3v) is 7.51. The van der Waals surface area contributed by atoms with E-state index < -0.39 is 35.8 Å². The lowest BCUT2D eigenvalue weighted by atomic mass is 10.1. The quantitative estimate of drug-likeness (QED) is 0.464. The average Bonchev–Trinajstić information content (AvgIpc) is 3.47. The first-order valence-corrected chi connectivity index (χ1v) is 11.4. The fraction of sp³-hybridized carbons (Fsp3) is 0.304. The maximum atomic E-state index is 13.4. The molecule has 3 fully saturated rings. The monoisotopic (exact) mass is 519 g/mol. The molecule has 3 saturated heterocycles. The van der Waals surface area contributed by atoms with Crippen molar-refractivity contribution in [1.82, 2.24) is 9.80 Å². The second-order valence-corrected chi connectivity index (χ2v) is 9.37. The third-order valence-electron chi connectivity index (χ3n) is 6.69. The summed E-state index contributed by atoms with van der Waals surface area (Å²) in [4.78, 5) is 31.1. The van der Waals surface area contributed by atoms with Crippen LogP contribution in [0.25, 0.3) is 0 Å². The second-order valence-electron chi connectivity index (χ2n) is 8.61. The number of benzene rings is 2. The number of thiocarbonyl (C=S) groups is 1. The number of piperazine rings is 1. The number of carbonyl (C=O) groups is 2. The largest absolute Gasteiger partial charge is 0.416 e. The van der Waals surface area contributed by atoms with Crippen molar-refractivity contribution in [2.24, 2.45) is 0 Å². The van der Waals surface area contributed by atoms with E-state index >= 15 is 0 Å². The molecule has 3 aliphatic rings. The maximum absolute atomic E-state index is 13.4. The normalized spacial score (nSPS) is 23.1. The number of nitrogens with zero attached hydrogens (tertiary/aromatic N) is 4. The van der Waals surface area contributed by atoms with E-state index in [0.717, 1.165) is 17.0 Å². The van der Waals surface area contributed by atoms with Gasteiger partial charge in [0.2, 0.25) is 0 Å². The summed E-state index contributed by atoms with van der Waals surface area (Å²) < 4.78 is 39.2. The Morgan fingerprint density at radius 2 is 2.00 bits per heavy atom. The van der Waals surface area contributed by atoms with Crippen molar-refractivity contribution >= 4 is 52.2 Å². The number of likely N-dealkylation sites (tertiary alicyclic amines) is 1. The summed E-state index contributed by atoms with van der Waals surface area (Å²) in [5.41, 5.74) is 0.379. The van der Waals surface area contributed by atoms with E-state index in [1.54, 1.807) is 16.7 Å². The summed E-state index contributed by atoms with van der Waals surface area (Å²) in [6.45, 7) is 1.99. The summed E-state index contributed by atoms with van der Waals surface area (Å²) in [7, 11) is 0. The molecule has 3 amide bonds. The van der Waals surface area contributed by atoms with Crippen molar-refractivity contribution in [2.45, 2.75) is 37.6 Å². The standard InChI is InChI=1S/C23H17ClF3N5O2S/c1-11-16(6-5-12(9-28)18(11)24)32-20(33)19-17-8-15(31(19)22(32)34)10-30(17)21(35)29-14-4-2-3-13(7-14)23(25,26)27/h2-7,15,17,19H,8,10H2,1H3,(H,29,35)/t15-,17?,19?/m1/s1. The highest BCUT2D eigenvalue weighted by Gasteiger charge is 2.62. The number of halogens is 4. The topological polar surface area (TPSA) is 79.7 Å².